The SMILES string of the molecule is CN(CC1CCCCC1O)C(=O)NCCc1ccc(Cl)nc1. The molecule has 0 spiro atoms. The smallest absolute Gasteiger partial charge is 0.317 e. The minimum Gasteiger partial charge on any atom is -0.393 e. The zero-order chi connectivity index (χ0) is 15.9. The maximum absolute atomic E-state index is 12.1. The largest absolute Gasteiger partial charge is 0.393 e. The number of urea groups is 1. The average molecular weight is 326 g/mol. The van der Waals surface area contributed by atoms with Gasteiger partial charge in [0.1, 0.15) is 5.15 Å². The van der Waals surface area contributed by atoms with E-state index in [0.29, 0.717) is 18.2 Å². The molecule has 1 aliphatic carbocycles. The van der Waals surface area contributed by atoms with E-state index in [2.05, 4.69) is 10.3 Å². The third-order valence-corrected chi connectivity index (χ3v) is 4.43. The molecule has 5 nitrogen and oxygen atoms in total. The van der Waals surface area contributed by atoms with Crippen molar-refractivity contribution in [1.29, 1.82) is 0 Å². The van der Waals surface area contributed by atoms with E-state index in [1.165, 1.54) is 0 Å². The summed E-state index contributed by atoms with van der Waals surface area (Å²) in [7, 11) is 1.78. The Kier molecular flexibility index (Phi) is 6.46. The monoisotopic (exact) mass is 325 g/mol. The number of hydrogen-bond donors (Lipinski definition) is 2. The molecule has 1 aromatic heterocycles. The van der Waals surface area contributed by atoms with E-state index in [4.69, 9.17) is 11.6 Å². The highest BCUT2D eigenvalue weighted by molar-refractivity contribution is 6.29. The number of aliphatic hydroxyl groups excluding tert-OH is 1. The molecule has 122 valence electrons. The molecule has 6 heteroatoms. The lowest BCUT2D eigenvalue weighted by molar-refractivity contribution is 0.0565. The molecule has 0 bridgehead atoms. The van der Waals surface area contributed by atoms with Crippen LogP contribution in [-0.2, 0) is 6.42 Å². The summed E-state index contributed by atoms with van der Waals surface area (Å²) in [6, 6.07) is 3.55. The van der Waals surface area contributed by atoms with Crippen LogP contribution in [0.3, 0.4) is 0 Å². The van der Waals surface area contributed by atoms with Crippen LogP contribution in [0.4, 0.5) is 4.79 Å². The molecular weight excluding hydrogens is 302 g/mol. The zero-order valence-corrected chi connectivity index (χ0v) is 13.7. The standard InChI is InChI=1S/C16H24ClN3O2/c1-20(11-13-4-2-3-5-14(13)21)16(22)18-9-8-12-6-7-15(17)19-10-12/h6-7,10,13-14,21H,2-5,8-9,11H2,1H3,(H,18,22). The highest BCUT2D eigenvalue weighted by Gasteiger charge is 2.25. The summed E-state index contributed by atoms with van der Waals surface area (Å²) in [5.74, 6) is 0.199. The molecule has 0 radical (unpaired) electrons. The van der Waals surface area contributed by atoms with Gasteiger partial charge in [0.25, 0.3) is 0 Å². The van der Waals surface area contributed by atoms with Crippen molar-refractivity contribution >= 4 is 17.6 Å². The molecular formula is C16H24ClN3O2. The van der Waals surface area contributed by atoms with Crippen molar-refractivity contribution in [3.05, 3.63) is 29.0 Å². The Labute approximate surface area is 136 Å². The van der Waals surface area contributed by atoms with Crippen LogP contribution in [0.15, 0.2) is 18.3 Å². The number of rotatable bonds is 5. The number of aliphatic hydroxyl groups is 1. The second-order valence-electron chi connectivity index (χ2n) is 5.96. The highest BCUT2D eigenvalue weighted by atomic mass is 35.5. The van der Waals surface area contributed by atoms with Gasteiger partial charge in [-0.25, -0.2) is 9.78 Å². The van der Waals surface area contributed by atoms with Crippen LogP contribution in [0, 0.1) is 5.92 Å². The number of halogens is 1. The van der Waals surface area contributed by atoms with Crippen molar-refractivity contribution in [1.82, 2.24) is 15.2 Å². The van der Waals surface area contributed by atoms with Gasteiger partial charge in [-0.2, -0.15) is 0 Å². The first-order chi connectivity index (χ1) is 10.6. The van der Waals surface area contributed by atoms with E-state index in [1.54, 1.807) is 24.2 Å². The predicted molar refractivity (Wildman–Crippen MR) is 86.9 cm³/mol. The third-order valence-electron chi connectivity index (χ3n) is 4.20. The van der Waals surface area contributed by atoms with Crippen LogP contribution >= 0.6 is 11.6 Å². The van der Waals surface area contributed by atoms with Gasteiger partial charge in [0, 0.05) is 32.3 Å². The molecule has 2 amide bonds. The summed E-state index contributed by atoms with van der Waals surface area (Å²) < 4.78 is 0. The zero-order valence-electron chi connectivity index (χ0n) is 13.0. The molecule has 2 unspecified atom stereocenters. The van der Waals surface area contributed by atoms with Crippen molar-refractivity contribution in [3.63, 3.8) is 0 Å². The van der Waals surface area contributed by atoms with Crippen LogP contribution in [0.2, 0.25) is 5.15 Å². The molecule has 1 aliphatic rings. The number of nitrogens with zero attached hydrogens (tertiary/aromatic N) is 2. The number of carbonyl (C=O) groups is 1. The van der Waals surface area contributed by atoms with Crippen molar-refractivity contribution in [2.24, 2.45) is 5.92 Å². The van der Waals surface area contributed by atoms with Gasteiger partial charge in [-0.05, 0) is 30.9 Å². The van der Waals surface area contributed by atoms with Gasteiger partial charge < -0.3 is 15.3 Å². The third kappa shape index (κ3) is 5.14. The number of pyridine rings is 1. The first-order valence-electron chi connectivity index (χ1n) is 7.83. The molecule has 22 heavy (non-hydrogen) atoms. The lowest BCUT2D eigenvalue weighted by atomic mass is 9.86. The predicted octanol–water partition coefficient (Wildman–Crippen LogP) is 2.47. The van der Waals surface area contributed by atoms with E-state index in [1.807, 2.05) is 6.07 Å². The fourth-order valence-corrected chi connectivity index (χ4v) is 2.95. The fourth-order valence-electron chi connectivity index (χ4n) is 2.84. The van der Waals surface area contributed by atoms with Gasteiger partial charge in [-0.3, -0.25) is 0 Å². The van der Waals surface area contributed by atoms with Crippen LogP contribution < -0.4 is 5.32 Å². The Hall–Kier alpha value is -1.33. The van der Waals surface area contributed by atoms with Crippen LogP contribution in [-0.4, -0.2) is 47.3 Å². The number of aromatic nitrogens is 1. The first-order valence-corrected chi connectivity index (χ1v) is 8.21. The lowest BCUT2D eigenvalue weighted by Crippen LogP contribution is -2.43. The number of carbonyl (C=O) groups excluding carboxylic acids is 1. The van der Waals surface area contributed by atoms with Crippen LogP contribution in [0.5, 0.6) is 0 Å². The number of hydrogen-bond acceptors (Lipinski definition) is 3. The van der Waals surface area contributed by atoms with Crippen molar-refractivity contribution in [2.45, 2.75) is 38.2 Å². The minimum atomic E-state index is -0.274. The average Bonchev–Trinajstić information content (AvgIpc) is 2.51. The normalized spacial score (nSPS) is 21.4. The summed E-state index contributed by atoms with van der Waals surface area (Å²) >= 11 is 5.73. The van der Waals surface area contributed by atoms with E-state index < -0.39 is 0 Å². The molecule has 0 saturated heterocycles. The summed E-state index contributed by atoms with van der Waals surface area (Å²) in [5, 5.41) is 13.3. The lowest BCUT2D eigenvalue weighted by Gasteiger charge is -2.31. The summed E-state index contributed by atoms with van der Waals surface area (Å²) in [6.07, 6.45) is 6.23. The van der Waals surface area contributed by atoms with Crippen LogP contribution in [0.1, 0.15) is 31.2 Å². The second kappa shape index (κ2) is 8.34. The Morgan fingerprint density at radius 2 is 2.23 bits per heavy atom. The van der Waals surface area contributed by atoms with E-state index in [0.717, 1.165) is 37.7 Å². The molecule has 1 heterocycles. The Morgan fingerprint density at radius 3 is 2.91 bits per heavy atom. The Morgan fingerprint density at radius 1 is 1.45 bits per heavy atom. The van der Waals surface area contributed by atoms with E-state index in [-0.39, 0.29) is 18.1 Å². The summed E-state index contributed by atoms with van der Waals surface area (Å²) in [5.41, 5.74) is 1.04. The van der Waals surface area contributed by atoms with E-state index in [9.17, 15) is 9.90 Å². The van der Waals surface area contributed by atoms with Gasteiger partial charge >= 0.3 is 6.03 Å². The molecule has 0 aromatic carbocycles. The quantitative estimate of drug-likeness (QED) is 0.817. The minimum absolute atomic E-state index is 0.0975. The molecule has 1 saturated carbocycles. The molecule has 2 rings (SSSR count). The number of amides is 2. The summed E-state index contributed by atoms with van der Waals surface area (Å²) in [4.78, 5) is 17.7. The van der Waals surface area contributed by atoms with Crippen molar-refractivity contribution < 1.29 is 9.90 Å². The summed E-state index contributed by atoms with van der Waals surface area (Å²) in [6.45, 7) is 1.16. The van der Waals surface area contributed by atoms with E-state index >= 15 is 0 Å². The first kappa shape index (κ1) is 17.0. The molecule has 2 atom stereocenters. The molecule has 1 fully saturated rings. The Bertz CT molecular complexity index is 481. The number of nitrogens with one attached hydrogen (secondary N) is 1. The highest BCUT2D eigenvalue weighted by Crippen LogP contribution is 2.24. The van der Waals surface area contributed by atoms with Gasteiger partial charge in [0.2, 0.25) is 0 Å². The molecule has 2 N–H and O–H groups in total. The fraction of sp³-hybridized carbons (Fsp3) is 0.625. The maximum atomic E-state index is 12.1. The van der Waals surface area contributed by atoms with Crippen molar-refractivity contribution in [3.8, 4) is 0 Å². The molecule has 1 aromatic rings. The molecule has 0 aliphatic heterocycles. The maximum Gasteiger partial charge on any atom is 0.317 e. The van der Waals surface area contributed by atoms with Gasteiger partial charge in [-0.1, -0.05) is 30.5 Å². The van der Waals surface area contributed by atoms with Crippen LogP contribution in [0.25, 0.3) is 0 Å². The topological polar surface area (TPSA) is 65.5 Å². The second-order valence-corrected chi connectivity index (χ2v) is 6.35. The van der Waals surface area contributed by atoms with Crippen molar-refractivity contribution in [2.75, 3.05) is 20.1 Å². The van der Waals surface area contributed by atoms with Gasteiger partial charge in [0.15, 0.2) is 0 Å². The van der Waals surface area contributed by atoms with Gasteiger partial charge in [-0.15, -0.1) is 0 Å². The van der Waals surface area contributed by atoms with Gasteiger partial charge in [0.05, 0.1) is 6.10 Å². The Balaban J connectivity index is 1.70.